The largest absolute Gasteiger partial charge is 0.489 e. The number of ether oxygens (including phenoxy) is 1. The third-order valence-electron chi connectivity index (χ3n) is 5.31. The second-order valence-electron chi connectivity index (χ2n) is 7.61. The molecule has 0 radical (unpaired) electrons. The highest BCUT2D eigenvalue weighted by atomic mass is 32.1. The number of carbonyl (C=O) groups is 1. The first kappa shape index (κ1) is 20.9. The molecule has 2 aromatic heterocycles. The topological polar surface area (TPSA) is 56.2 Å². The predicted octanol–water partition coefficient (Wildman–Crippen LogP) is 5.75. The molecule has 0 bridgehead atoms. The third kappa shape index (κ3) is 5.03. The fourth-order valence-corrected chi connectivity index (χ4v) is 4.07. The van der Waals surface area contributed by atoms with Crippen molar-refractivity contribution in [3.63, 3.8) is 0 Å². The van der Waals surface area contributed by atoms with Crippen LogP contribution in [-0.4, -0.2) is 15.7 Å². The van der Waals surface area contributed by atoms with Gasteiger partial charge in [-0.15, -0.1) is 11.3 Å². The number of aromatic nitrogens is 2. The van der Waals surface area contributed by atoms with E-state index in [2.05, 4.69) is 49.4 Å². The number of benzene rings is 2. The Morgan fingerprint density at radius 1 is 1.10 bits per heavy atom. The van der Waals surface area contributed by atoms with Gasteiger partial charge < -0.3 is 10.1 Å². The van der Waals surface area contributed by atoms with Crippen molar-refractivity contribution in [1.82, 2.24) is 9.78 Å². The first-order chi connectivity index (χ1) is 15.0. The number of nitrogens with zero attached hydrogens (tertiary/aromatic N) is 2. The van der Waals surface area contributed by atoms with E-state index in [9.17, 15) is 4.79 Å². The monoisotopic (exact) mass is 431 g/mol. The molecule has 1 amide bonds. The van der Waals surface area contributed by atoms with Crippen LogP contribution in [0.4, 0.5) is 5.69 Å². The van der Waals surface area contributed by atoms with Crippen molar-refractivity contribution in [2.45, 2.75) is 33.9 Å². The third-order valence-corrected chi connectivity index (χ3v) is 6.29. The van der Waals surface area contributed by atoms with Crippen LogP contribution in [0.25, 0.3) is 0 Å². The van der Waals surface area contributed by atoms with Crippen molar-refractivity contribution < 1.29 is 9.53 Å². The van der Waals surface area contributed by atoms with Gasteiger partial charge in [0.25, 0.3) is 5.91 Å². The van der Waals surface area contributed by atoms with Crippen molar-refractivity contribution in [3.05, 3.63) is 99.0 Å². The van der Waals surface area contributed by atoms with Crippen LogP contribution in [0.2, 0.25) is 0 Å². The Labute approximate surface area is 186 Å². The van der Waals surface area contributed by atoms with Gasteiger partial charge in [-0.2, -0.15) is 5.10 Å². The van der Waals surface area contributed by atoms with Crippen LogP contribution < -0.4 is 10.1 Å². The highest BCUT2D eigenvalue weighted by Crippen LogP contribution is 2.23. The zero-order valence-corrected chi connectivity index (χ0v) is 18.7. The summed E-state index contributed by atoms with van der Waals surface area (Å²) in [6, 6.07) is 16.1. The maximum absolute atomic E-state index is 12.6. The van der Waals surface area contributed by atoms with Gasteiger partial charge in [-0.25, -0.2) is 0 Å². The van der Waals surface area contributed by atoms with E-state index in [4.69, 9.17) is 4.74 Å². The van der Waals surface area contributed by atoms with E-state index < -0.39 is 0 Å². The molecule has 0 fully saturated rings. The maximum Gasteiger partial charge on any atom is 0.265 e. The van der Waals surface area contributed by atoms with E-state index >= 15 is 0 Å². The molecule has 0 aliphatic carbocycles. The zero-order valence-electron chi connectivity index (χ0n) is 17.9. The second-order valence-corrected chi connectivity index (χ2v) is 8.52. The van der Waals surface area contributed by atoms with Crippen LogP contribution in [-0.2, 0) is 13.2 Å². The van der Waals surface area contributed by atoms with Crippen LogP contribution in [0.15, 0.2) is 66.3 Å². The van der Waals surface area contributed by atoms with E-state index in [1.54, 1.807) is 6.20 Å². The van der Waals surface area contributed by atoms with Gasteiger partial charge in [0, 0.05) is 11.8 Å². The molecule has 6 heteroatoms. The minimum absolute atomic E-state index is 0.140. The zero-order chi connectivity index (χ0) is 21.8. The first-order valence-corrected chi connectivity index (χ1v) is 11.0. The molecule has 0 saturated carbocycles. The fourth-order valence-electron chi connectivity index (χ4n) is 3.28. The summed E-state index contributed by atoms with van der Waals surface area (Å²) >= 11 is 1.41. The molecule has 31 heavy (non-hydrogen) atoms. The summed E-state index contributed by atoms with van der Waals surface area (Å²) in [5.41, 5.74) is 6.42. The number of anilines is 1. The molecule has 0 saturated heterocycles. The highest BCUT2D eigenvalue weighted by Gasteiger charge is 2.12. The average Bonchev–Trinajstić information content (AvgIpc) is 3.40. The van der Waals surface area contributed by atoms with E-state index in [-0.39, 0.29) is 5.91 Å². The van der Waals surface area contributed by atoms with Crippen molar-refractivity contribution >= 4 is 22.9 Å². The average molecular weight is 432 g/mol. The first-order valence-electron chi connectivity index (χ1n) is 10.1. The molecule has 0 unspecified atom stereocenters. The number of carbonyl (C=O) groups excluding carboxylic acids is 1. The van der Waals surface area contributed by atoms with Crippen molar-refractivity contribution in [2.75, 3.05) is 5.32 Å². The summed E-state index contributed by atoms with van der Waals surface area (Å²) in [6.07, 6.45) is 3.52. The lowest BCUT2D eigenvalue weighted by molar-refractivity contribution is 0.103. The van der Waals surface area contributed by atoms with Gasteiger partial charge in [0.15, 0.2) is 0 Å². The molecule has 4 aromatic rings. The Morgan fingerprint density at radius 3 is 2.74 bits per heavy atom. The lowest BCUT2D eigenvalue weighted by atomic mass is 10.1. The number of rotatable bonds is 7. The Hall–Kier alpha value is -3.38. The van der Waals surface area contributed by atoms with Gasteiger partial charge >= 0.3 is 0 Å². The Morgan fingerprint density at radius 2 is 1.90 bits per heavy atom. The Balaban J connectivity index is 1.35. The Bertz CT molecular complexity index is 1210. The number of hydrogen-bond acceptors (Lipinski definition) is 4. The minimum atomic E-state index is -0.140. The summed E-state index contributed by atoms with van der Waals surface area (Å²) in [5.74, 6) is 0.733. The normalized spacial score (nSPS) is 10.8. The second kappa shape index (κ2) is 9.18. The van der Waals surface area contributed by atoms with Gasteiger partial charge in [0.1, 0.15) is 12.4 Å². The molecule has 2 heterocycles. The molecule has 0 atom stereocenters. The smallest absolute Gasteiger partial charge is 0.265 e. The molecule has 0 aliphatic rings. The summed E-state index contributed by atoms with van der Waals surface area (Å²) < 4.78 is 7.78. The van der Waals surface area contributed by atoms with E-state index in [1.165, 1.54) is 28.0 Å². The van der Waals surface area contributed by atoms with Gasteiger partial charge in [0.2, 0.25) is 0 Å². The summed E-state index contributed by atoms with van der Waals surface area (Å²) in [6.45, 7) is 7.30. The fraction of sp³-hybridized carbons (Fsp3) is 0.200. The SMILES string of the molecule is Cc1ccccc1Cn1cc(NC(=O)c2cc(COc3cccc(C)c3C)cs2)cn1. The number of nitrogens with one attached hydrogen (secondary N) is 1. The molecular formula is C25H25N3O2S. The van der Waals surface area contributed by atoms with Gasteiger partial charge in [-0.1, -0.05) is 36.4 Å². The van der Waals surface area contributed by atoms with Gasteiger partial charge in [-0.3, -0.25) is 9.48 Å². The van der Waals surface area contributed by atoms with E-state index in [1.807, 2.05) is 46.6 Å². The lowest BCUT2D eigenvalue weighted by Gasteiger charge is -2.09. The van der Waals surface area contributed by atoms with Crippen LogP contribution >= 0.6 is 11.3 Å². The van der Waals surface area contributed by atoms with Gasteiger partial charge in [-0.05, 0) is 60.5 Å². The predicted molar refractivity (Wildman–Crippen MR) is 125 cm³/mol. The maximum atomic E-state index is 12.6. The summed E-state index contributed by atoms with van der Waals surface area (Å²) in [5, 5.41) is 9.26. The molecule has 2 aromatic carbocycles. The number of thiophene rings is 1. The molecule has 0 aliphatic heterocycles. The molecule has 0 spiro atoms. The molecule has 4 rings (SSSR count). The van der Waals surface area contributed by atoms with Gasteiger partial charge in [0.05, 0.1) is 23.3 Å². The number of aryl methyl sites for hydroxylation is 2. The molecular weight excluding hydrogens is 406 g/mol. The van der Waals surface area contributed by atoms with Crippen molar-refractivity contribution in [3.8, 4) is 5.75 Å². The summed E-state index contributed by atoms with van der Waals surface area (Å²) in [7, 11) is 0. The van der Waals surface area contributed by atoms with Crippen LogP contribution in [0.1, 0.15) is 37.5 Å². The molecule has 1 N–H and O–H groups in total. The number of hydrogen-bond donors (Lipinski definition) is 1. The van der Waals surface area contributed by atoms with Crippen LogP contribution in [0, 0.1) is 20.8 Å². The summed E-state index contributed by atoms with van der Waals surface area (Å²) in [4.78, 5) is 13.3. The van der Waals surface area contributed by atoms with Crippen molar-refractivity contribution in [2.24, 2.45) is 0 Å². The van der Waals surface area contributed by atoms with E-state index in [0.29, 0.717) is 23.7 Å². The lowest BCUT2D eigenvalue weighted by Crippen LogP contribution is -2.09. The molecule has 5 nitrogen and oxygen atoms in total. The van der Waals surface area contributed by atoms with Crippen molar-refractivity contribution in [1.29, 1.82) is 0 Å². The Kier molecular flexibility index (Phi) is 6.18. The van der Waals surface area contributed by atoms with Crippen LogP contribution in [0.3, 0.4) is 0 Å². The highest BCUT2D eigenvalue weighted by molar-refractivity contribution is 7.12. The quantitative estimate of drug-likeness (QED) is 0.405. The number of amides is 1. The van der Waals surface area contributed by atoms with E-state index in [0.717, 1.165) is 16.9 Å². The molecule has 158 valence electrons. The minimum Gasteiger partial charge on any atom is -0.489 e. The standard InChI is InChI=1S/C25H25N3O2S/c1-17-8-6-10-23(19(17)3)30-15-20-11-24(31-16-20)25(29)27-22-12-26-28(14-22)13-21-9-5-4-7-18(21)2/h4-12,14,16H,13,15H2,1-3H3,(H,27,29). The van der Waals surface area contributed by atoms with Crippen LogP contribution in [0.5, 0.6) is 5.75 Å².